The third-order valence-electron chi connectivity index (χ3n) is 4.49. The van der Waals surface area contributed by atoms with Gasteiger partial charge >= 0.3 is 0 Å². The summed E-state index contributed by atoms with van der Waals surface area (Å²) in [6.07, 6.45) is 2.54. The standard InChI is InChI=1S/C18H22N2O2/c1-13(15-6-4-3-5-7-15)20-10-8-16(12-20)19-18(21)17-9-11-22-14(17)2/h3-7,9,11,13,16H,8,10,12H2,1-2H3,(H,19,21)/t13-,16+/m1/s1. The predicted molar refractivity (Wildman–Crippen MR) is 85.7 cm³/mol. The highest BCUT2D eigenvalue weighted by Crippen LogP contribution is 2.24. The molecule has 3 rings (SSSR count). The van der Waals surface area contributed by atoms with E-state index in [1.54, 1.807) is 12.3 Å². The normalized spacial score (nSPS) is 20.0. The maximum absolute atomic E-state index is 12.2. The van der Waals surface area contributed by atoms with Crippen LogP contribution in [0, 0.1) is 6.92 Å². The average molecular weight is 298 g/mol. The molecule has 0 bridgehead atoms. The Morgan fingerprint density at radius 2 is 2.09 bits per heavy atom. The number of hydrogen-bond donors (Lipinski definition) is 1. The SMILES string of the molecule is Cc1occc1C(=O)N[C@H]1CCN([C@H](C)c2ccccc2)C1. The van der Waals surface area contributed by atoms with Gasteiger partial charge in [-0.25, -0.2) is 0 Å². The van der Waals surface area contributed by atoms with Crippen molar-refractivity contribution >= 4 is 5.91 Å². The second-order valence-corrected chi connectivity index (χ2v) is 5.93. The Bertz CT molecular complexity index is 636. The molecule has 2 aromatic rings. The molecule has 22 heavy (non-hydrogen) atoms. The van der Waals surface area contributed by atoms with Crippen LogP contribution >= 0.6 is 0 Å². The van der Waals surface area contributed by atoms with E-state index in [2.05, 4.69) is 41.4 Å². The van der Waals surface area contributed by atoms with Crippen LogP contribution in [0.25, 0.3) is 0 Å². The van der Waals surface area contributed by atoms with Crippen LogP contribution in [0.1, 0.15) is 41.1 Å². The van der Waals surface area contributed by atoms with Crippen LogP contribution in [0.15, 0.2) is 47.1 Å². The summed E-state index contributed by atoms with van der Waals surface area (Å²) in [5.41, 5.74) is 1.95. The number of benzene rings is 1. The topological polar surface area (TPSA) is 45.5 Å². The van der Waals surface area contributed by atoms with Crippen LogP contribution in [0.2, 0.25) is 0 Å². The first-order chi connectivity index (χ1) is 10.6. The van der Waals surface area contributed by atoms with Crippen LogP contribution in [0.5, 0.6) is 0 Å². The molecule has 0 saturated carbocycles. The zero-order valence-electron chi connectivity index (χ0n) is 13.1. The third-order valence-corrected chi connectivity index (χ3v) is 4.49. The summed E-state index contributed by atoms with van der Waals surface area (Å²) in [6.45, 7) is 5.93. The van der Waals surface area contributed by atoms with Crippen molar-refractivity contribution in [2.24, 2.45) is 0 Å². The van der Waals surface area contributed by atoms with Crippen LogP contribution in [-0.4, -0.2) is 29.9 Å². The van der Waals surface area contributed by atoms with Gasteiger partial charge in [0.2, 0.25) is 0 Å². The van der Waals surface area contributed by atoms with Crippen molar-refractivity contribution in [3.05, 3.63) is 59.5 Å². The second kappa shape index (κ2) is 6.36. The van der Waals surface area contributed by atoms with Crippen LogP contribution in [0.4, 0.5) is 0 Å². The molecule has 1 aliphatic heterocycles. The van der Waals surface area contributed by atoms with Crippen molar-refractivity contribution < 1.29 is 9.21 Å². The quantitative estimate of drug-likeness (QED) is 0.943. The maximum atomic E-state index is 12.2. The number of likely N-dealkylation sites (tertiary alicyclic amines) is 1. The molecule has 1 aromatic heterocycles. The zero-order chi connectivity index (χ0) is 15.5. The lowest BCUT2D eigenvalue weighted by Gasteiger charge is -2.24. The van der Waals surface area contributed by atoms with E-state index in [1.807, 2.05) is 13.0 Å². The van der Waals surface area contributed by atoms with E-state index in [0.29, 0.717) is 17.4 Å². The molecular weight excluding hydrogens is 276 g/mol. The van der Waals surface area contributed by atoms with Crippen molar-refractivity contribution in [2.45, 2.75) is 32.4 Å². The minimum atomic E-state index is -0.0366. The smallest absolute Gasteiger partial charge is 0.255 e. The molecule has 1 aliphatic rings. The van der Waals surface area contributed by atoms with Gasteiger partial charge in [-0.3, -0.25) is 9.69 Å². The Morgan fingerprint density at radius 1 is 1.32 bits per heavy atom. The fourth-order valence-electron chi connectivity index (χ4n) is 3.08. The fraction of sp³-hybridized carbons (Fsp3) is 0.389. The Balaban J connectivity index is 1.59. The average Bonchev–Trinajstić information content (AvgIpc) is 3.16. The van der Waals surface area contributed by atoms with Gasteiger partial charge in [-0.1, -0.05) is 30.3 Å². The molecule has 0 radical (unpaired) electrons. The summed E-state index contributed by atoms with van der Waals surface area (Å²) in [5, 5.41) is 3.12. The number of amides is 1. The number of nitrogens with one attached hydrogen (secondary N) is 1. The molecule has 116 valence electrons. The van der Waals surface area contributed by atoms with E-state index in [9.17, 15) is 4.79 Å². The van der Waals surface area contributed by atoms with Gasteiger partial charge in [-0.2, -0.15) is 0 Å². The molecule has 0 unspecified atom stereocenters. The van der Waals surface area contributed by atoms with Gasteiger partial charge in [-0.15, -0.1) is 0 Å². The van der Waals surface area contributed by atoms with E-state index >= 15 is 0 Å². The van der Waals surface area contributed by atoms with Crippen LogP contribution in [0.3, 0.4) is 0 Å². The van der Waals surface area contributed by atoms with Crippen molar-refractivity contribution in [2.75, 3.05) is 13.1 Å². The van der Waals surface area contributed by atoms with Gasteiger partial charge in [0.15, 0.2) is 0 Å². The summed E-state index contributed by atoms with van der Waals surface area (Å²) in [4.78, 5) is 14.7. The Kier molecular flexibility index (Phi) is 4.29. The molecule has 1 N–H and O–H groups in total. The first-order valence-electron chi connectivity index (χ1n) is 7.79. The molecular formula is C18H22N2O2. The zero-order valence-corrected chi connectivity index (χ0v) is 13.1. The highest BCUT2D eigenvalue weighted by molar-refractivity contribution is 5.95. The molecule has 0 spiro atoms. The first-order valence-corrected chi connectivity index (χ1v) is 7.79. The van der Waals surface area contributed by atoms with Crippen molar-refractivity contribution in [1.82, 2.24) is 10.2 Å². The summed E-state index contributed by atoms with van der Waals surface area (Å²) >= 11 is 0. The van der Waals surface area contributed by atoms with E-state index in [-0.39, 0.29) is 11.9 Å². The van der Waals surface area contributed by atoms with Crippen LogP contribution < -0.4 is 5.32 Å². The Morgan fingerprint density at radius 3 is 2.77 bits per heavy atom. The van der Waals surface area contributed by atoms with Gasteiger partial charge in [-0.05, 0) is 31.9 Å². The molecule has 1 amide bonds. The number of hydrogen-bond acceptors (Lipinski definition) is 3. The minimum absolute atomic E-state index is 0.0366. The van der Waals surface area contributed by atoms with E-state index in [0.717, 1.165) is 19.5 Å². The Labute approximate surface area is 131 Å². The summed E-state index contributed by atoms with van der Waals surface area (Å²) in [6, 6.07) is 12.8. The molecule has 4 nitrogen and oxygen atoms in total. The van der Waals surface area contributed by atoms with Gasteiger partial charge in [0.1, 0.15) is 5.76 Å². The summed E-state index contributed by atoms with van der Waals surface area (Å²) in [7, 11) is 0. The maximum Gasteiger partial charge on any atom is 0.255 e. The van der Waals surface area contributed by atoms with Gasteiger partial charge in [0, 0.05) is 25.2 Å². The van der Waals surface area contributed by atoms with Crippen molar-refractivity contribution in [3.63, 3.8) is 0 Å². The summed E-state index contributed by atoms with van der Waals surface area (Å²) in [5.74, 6) is 0.635. The number of furan rings is 1. The second-order valence-electron chi connectivity index (χ2n) is 5.93. The monoisotopic (exact) mass is 298 g/mol. The van der Waals surface area contributed by atoms with E-state index < -0.39 is 0 Å². The fourth-order valence-corrected chi connectivity index (χ4v) is 3.08. The van der Waals surface area contributed by atoms with E-state index in [1.165, 1.54) is 5.56 Å². The molecule has 4 heteroatoms. The lowest BCUT2D eigenvalue weighted by atomic mass is 10.1. The van der Waals surface area contributed by atoms with E-state index in [4.69, 9.17) is 4.42 Å². The minimum Gasteiger partial charge on any atom is -0.469 e. The molecule has 2 atom stereocenters. The molecule has 1 aromatic carbocycles. The number of carbonyl (C=O) groups excluding carboxylic acids is 1. The number of rotatable bonds is 4. The van der Waals surface area contributed by atoms with Crippen molar-refractivity contribution in [3.8, 4) is 0 Å². The molecule has 2 heterocycles. The Hall–Kier alpha value is -2.07. The highest BCUT2D eigenvalue weighted by atomic mass is 16.3. The summed E-state index contributed by atoms with van der Waals surface area (Å²) < 4.78 is 5.20. The number of aryl methyl sites for hydroxylation is 1. The first kappa shape index (κ1) is 14.9. The molecule has 1 fully saturated rings. The lowest BCUT2D eigenvalue weighted by molar-refractivity contribution is 0.0935. The number of carbonyl (C=O) groups is 1. The third kappa shape index (κ3) is 3.07. The van der Waals surface area contributed by atoms with Crippen LogP contribution in [-0.2, 0) is 0 Å². The molecule has 0 aliphatic carbocycles. The van der Waals surface area contributed by atoms with Crippen molar-refractivity contribution in [1.29, 1.82) is 0 Å². The van der Waals surface area contributed by atoms with Gasteiger partial charge < -0.3 is 9.73 Å². The van der Waals surface area contributed by atoms with Gasteiger partial charge in [0.05, 0.1) is 11.8 Å². The highest BCUT2D eigenvalue weighted by Gasteiger charge is 2.28. The molecule has 1 saturated heterocycles. The lowest BCUT2D eigenvalue weighted by Crippen LogP contribution is -2.37. The van der Waals surface area contributed by atoms with Gasteiger partial charge in [0.25, 0.3) is 5.91 Å². The predicted octanol–water partition coefficient (Wildman–Crippen LogP) is 3.15. The largest absolute Gasteiger partial charge is 0.469 e. The number of nitrogens with zero attached hydrogens (tertiary/aromatic N) is 1.